The Kier molecular flexibility index (Phi) is 3.95. The van der Waals surface area contributed by atoms with Gasteiger partial charge in [-0.15, -0.1) is 0 Å². The first kappa shape index (κ1) is 16.1. The Balaban J connectivity index is 1.51. The van der Waals surface area contributed by atoms with Crippen LogP contribution in [-0.4, -0.2) is 40.8 Å². The SMILES string of the molecule is N[C@@H]1CCCC1Oc1ccc2c(c1)CN(C1CCC(=O)NC1=O)C2=O. The van der Waals surface area contributed by atoms with E-state index < -0.39 is 11.9 Å². The van der Waals surface area contributed by atoms with Crippen molar-refractivity contribution in [1.82, 2.24) is 10.2 Å². The van der Waals surface area contributed by atoms with E-state index in [1.54, 1.807) is 12.1 Å². The average molecular weight is 343 g/mol. The van der Waals surface area contributed by atoms with Gasteiger partial charge in [-0.25, -0.2) is 0 Å². The Morgan fingerprint density at radius 2 is 2.00 bits per heavy atom. The van der Waals surface area contributed by atoms with Crippen LogP contribution in [0.4, 0.5) is 0 Å². The molecule has 2 fully saturated rings. The van der Waals surface area contributed by atoms with Crippen LogP contribution in [0.2, 0.25) is 0 Å². The van der Waals surface area contributed by atoms with Crippen molar-refractivity contribution >= 4 is 17.7 Å². The molecule has 1 saturated heterocycles. The zero-order chi connectivity index (χ0) is 17.6. The number of piperidine rings is 1. The fourth-order valence-electron chi connectivity index (χ4n) is 3.90. The summed E-state index contributed by atoms with van der Waals surface area (Å²) in [5.74, 6) is -0.146. The van der Waals surface area contributed by atoms with Crippen LogP contribution in [0.15, 0.2) is 18.2 Å². The van der Waals surface area contributed by atoms with Gasteiger partial charge >= 0.3 is 0 Å². The smallest absolute Gasteiger partial charge is 0.255 e. The highest BCUT2D eigenvalue weighted by atomic mass is 16.5. The summed E-state index contributed by atoms with van der Waals surface area (Å²) in [6, 6.07) is 4.86. The van der Waals surface area contributed by atoms with E-state index in [4.69, 9.17) is 10.5 Å². The quantitative estimate of drug-likeness (QED) is 0.787. The van der Waals surface area contributed by atoms with E-state index in [-0.39, 0.29) is 30.4 Å². The third-order valence-corrected chi connectivity index (χ3v) is 5.29. The minimum absolute atomic E-state index is 0.0152. The molecule has 0 spiro atoms. The number of rotatable bonds is 3. The minimum Gasteiger partial charge on any atom is -0.489 e. The van der Waals surface area contributed by atoms with E-state index >= 15 is 0 Å². The molecular formula is C18H21N3O4. The van der Waals surface area contributed by atoms with Crippen molar-refractivity contribution in [2.75, 3.05) is 0 Å². The molecule has 2 aliphatic heterocycles. The Bertz CT molecular complexity index is 748. The number of nitrogens with zero attached hydrogens (tertiary/aromatic N) is 1. The summed E-state index contributed by atoms with van der Waals surface area (Å²) >= 11 is 0. The Morgan fingerprint density at radius 3 is 2.72 bits per heavy atom. The van der Waals surface area contributed by atoms with Crippen molar-refractivity contribution < 1.29 is 19.1 Å². The van der Waals surface area contributed by atoms with Crippen LogP contribution in [-0.2, 0) is 16.1 Å². The van der Waals surface area contributed by atoms with Gasteiger partial charge < -0.3 is 15.4 Å². The number of hydrogen-bond acceptors (Lipinski definition) is 5. The van der Waals surface area contributed by atoms with Gasteiger partial charge in [0.25, 0.3) is 5.91 Å². The van der Waals surface area contributed by atoms with Crippen molar-refractivity contribution in [3.8, 4) is 5.75 Å². The summed E-state index contributed by atoms with van der Waals surface area (Å²) in [6.07, 6.45) is 3.62. The lowest BCUT2D eigenvalue weighted by Crippen LogP contribution is -2.52. The van der Waals surface area contributed by atoms with Crippen molar-refractivity contribution in [1.29, 1.82) is 0 Å². The summed E-state index contributed by atoms with van der Waals surface area (Å²) in [6.45, 7) is 0.356. The van der Waals surface area contributed by atoms with Crippen molar-refractivity contribution in [2.24, 2.45) is 5.73 Å². The van der Waals surface area contributed by atoms with Crippen LogP contribution < -0.4 is 15.8 Å². The molecule has 0 aromatic heterocycles. The molecule has 0 bridgehead atoms. The molecule has 3 N–H and O–H groups in total. The van der Waals surface area contributed by atoms with Gasteiger partial charge in [-0.2, -0.15) is 0 Å². The average Bonchev–Trinajstić information content (AvgIpc) is 3.12. The van der Waals surface area contributed by atoms with E-state index in [9.17, 15) is 14.4 Å². The Hall–Kier alpha value is -2.41. The minimum atomic E-state index is -0.592. The summed E-state index contributed by atoms with van der Waals surface area (Å²) in [5.41, 5.74) is 7.49. The van der Waals surface area contributed by atoms with Crippen molar-refractivity contribution in [3.63, 3.8) is 0 Å². The summed E-state index contributed by atoms with van der Waals surface area (Å²) < 4.78 is 5.99. The van der Waals surface area contributed by atoms with E-state index in [0.717, 1.165) is 24.8 Å². The zero-order valence-corrected chi connectivity index (χ0v) is 13.9. The van der Waals surface area contributed by atoms with E-state index in [1.165, 1.54) is 4.90 Å². The van der Waals surface area contributed by atoms with Gasteiger partial charge in [0, 0.05) is 24.6 Å². The number of nitrogens with one attached hydrogen (secondary N) is 1. The van der Waals surface area contributed by atoms with E-state index in [0.29, 0.717) is 24.3 Å². The van der Waals surface area contributed by atoms with Gasteiger partial charge in [0.15, 0.2) is 0 Å². The topological polar surface area (TPSA) is 102 Å². The van der Waals surface area contributed by atoms with Gasteiger partial charge in [0.1, 0.15) is 17.9 Å². The fourth-order valence-corrected chi connectivity index (χ4v) is 3.90. The highest BCUT2D eigenvalue weighted by Crippen LogP contribution is 2.31. The molecule has 3 amide bonds. The molecule has 1 saturated carbocycles. The maximum Gasteiger partial charge on any atom is 0.255 e. The highest BCUT2D eigenvalue weighted by Gasteiger charge is 2.39. The van der Waals surface area contributed by atoms with Crippen LogP contribution >= 0.6 is 0 Å². The van der Waals surface area contributed by atoms with Gasteiger partial charge in [0.05, 0.1) is 0 Å². The highest BCUT2D eigenvalue weighted by molar-refractivity contribution is 6.05. The van der Waals surface area contributed by atoms with Crippen LogP contribution in [0.25, 0.3) is 0 Å². The molecule has 7 nitrogen and oxygen atoms in total. The number of carbonyl (C=O) groups excluding carboxylic acids is 3. The summed E-state index contributed by atoms with van der Waals surface area (Å²) in [7, 11) is 0. The molecule has 1 aromatic rings. The molecule has 1 aliphatic carbocycles. The molecule has 2 unspecified atom stereocenters. The van der Waals surface area contributed by atoms with E-state index in [2.05, 4.69) is 5.32 Å². The molecule has 7 heteroatoms. The van der Waals surface area contributed by atoms with Crippen LogP contribution in [0.3, 0.4) is 0 Å². The van der Waals surface area contributed by atoms with Gasteiger partial charge in [-0.3, -0.25) is 19.7 Å². The summed E-state index contributed by atoms with van der Waals surface area (Å²) in [5, 5.41) is 2.31. The second-order valence-electron chi connectivity index (χ2n) is 6.97. The van der Waals surface area contributed by atoms with Gasteiger partial charge in [-0.05, 0) is 49.4 Å². The maximum atomic E-state index is 12.6. The number of amides is 3. The maximum absolute atomic E-state index is 12.6. The molecule has 132 valence electrons. The lowest BCUT2D eigenvalue weighted by molar-refractivity contribution is -0.136. The first-order valence-corrected chi connectivity index (χ1v) is 8.73. The van der Waals surface area contributed by atoms with Crippen LogP contribution in [0.1, 0.15) is 48.0 Å². The molecule has 3 atom stereocenters. The number of ether oxygens (including phenoxy) is 1. The fraction of sp³-hybridized carbons (Fsp3) is 0.500. The number of hydrogen-bond donors (Lipinski definition) is 2. The Morgan fingerprint density at radius 1 is 1.16 bits per heavy atom. The lowest BCUT2D eigenvalue weighted by atomic mass is 10.0. The van der Waals surface area contributed by atoms with Crippen LogP contribution in [0.5, 0.6) is 5.75 Å². The molecular weight excluding hydrogens is 322 g/mol. The number of carbonyl (C=O) groups is 3. The predicted molar refractivity (Wildman–Crippen MR) is 88.7 cm³/mol. The first-order valence-electron chi connectivity index (χ1n) is 8.73. The number of nitrogens with two attached hydrogens (primary N) is 1. The third-order valence-electron chi connectivity index (χ3n) is 5.29. The first-order chi connectivity index (χ1) is 12.0. The second kappa shape index (κ2) is 6.15. The molecule has 1 aromatic carbocycles. The van der Waals surface area contributed by atoms with Crippen molar-refractivity contribution in [3.05, 3.63) is 29.3 Å². The molecule has 3 aliphatic rings. The largest absolute Gasteiger partial charge is 0.489 e. The zero-order valence-electron chi connectivity index (χ0n) is 13.9. The molecule has 2 heterocycles. The monoisotopic (exact) mass is 343 g/mol. The molecule has 0 radical (unpaired) electrons. The lowest BCUT2D eigenvalue weighted by Gasteiger charge is -2.29. The standard InChI is InChI=1S/C18H21N3O4/c19-13-2-1-3-15(13)25-11-4-5-12-10(8-11)9-21(18(12)24)14-6-7-16(22)20-17(14)23/h4-5,8,13-15H,1-3,6-7,9,19H2,(H,20,22,23)/t13-,14?,15?/m1/s1. The normalized spacial score (nSPS) is 28.9. The number of benzene rings is 1. The third kappa shape index (κ3) is 2.89. The van der Waals surface area contributed by atoms with Crippen LogP contribution in [0, 0.1) is 0 Å². The molecule has 4 rings (SSSR count). The van der Waals surface area contributed by atoms with E-state index in [1.807, 2.05) is 6.07 Å². The van der Waals surface area contributed by atoms with Crippen molar-refractivity contribution in [2.45, 2.75) is 56.8 Å². The van der Waals surface area contributed by atoms with Gasteiger partial charge in [-0.1, -0.05) is 0 Å². The number of imide groups is 1. The second-order valence-corrected chi connectivity index (χ2v) is 6.97. The summed E-state index contributed by atoms with van der Waals surface area (Å²) in [4.78, 5) is 37.5. The Labute approximate surface area is 145 Å². The predicted octanol–water partition coefficient (Wildman–Crippen LogP) is 0.706. The number of fused-ring (bicyclic) bond motifs is 1. The van der Waals surface area contributed by atoms with Gasteiger partial charge in [0.2, 0.25) is 11.8 Å². The molecule has 25 heavy (non-hydrogen) atoms.